The van der Waals surface area contributed by atoms with Crippen molar-refractivity contribution in [3.05, 3.63) is 87.9 Å². The summed E-state index contributed by atoms with van der Waals surface area (Å²) in [4.78, 5) is 20.0. The van der Waals surface area contributed by atoms with Gasteiger partial charge in [-0.3, -0.25) is 10.1 Å². The number of nitrogens with zero attached hydrogens (tertiary/aromatic N) is 1. The zero-order chi connectivity index (χ0) is 22.7. The summed E-state index contributed by atoms with van der Waals surface area (Å²) < 4.78 is 0. The predicted octanol–water partition coefficient (Wildman–Crippen LogP) is 6.37. The molecular formula is C24H18Cl2N4OS. The lowest BCUT2D eigenvalue weighted by atomic mass is 10.2. The maximum absolute atomic E-state index is 12.1. The Morgan fingerprint density at radius 2 is 1.78 bits per heavy atom. The smallest absolute Gasteiger partial charge is 0.250 e. The number of fused-ring (bicyclic) bond motifs is 1. The van der Waals surface area contributed by atoms with Crippen molar-refractivity contribution in [1.29, 1.82) is 0 Å². The van der Waals surface area contributed by atoms with Crippen LogP contribution < -0.4 is 10.6 Å². The summed E-state index contributed by atoms with van der Waals surface area (Å²) in [5, 5.41) is 7.16. The molecule has 0 atom stereocenters. The molecule has 0 unspecified atom stereocenters. The number of anilines is 1. The number of aryl methyl sites for hydroxylation is 1. The number of imidazole rings is 1. The molecule has 0 aliphatic heterocycles. The third-order valence-corrected chi connectivity index (χ3v) is 5.58. The first-order valence-corrected chi connectivity index (χ1v) is 10.9. The molecule has 1 heterocycles. The third kappa shape index (κ3) is 5.34. The fraction of sp³-hybridized carbons (Fsp3) is 0.0417. The van der Waals surface area contributed by atoms with E-state index in [0.29, 0.717) is 10.0 Å². The quantitative estimate of drug-likeness (QED) is 0.234. The average Bonchev–Trinajstić information content (AvgIpc) is 3.16. The van der Waals surface area contributed by atoms with E-state index in [1.54, 1.807) is 18.2 Å². The molecular weight excluding hydrogens is 463 g/mol. The van der Waals surface area contributed by atoms with E-state index in [1.165, 1.54) is 6.08 Å². The zero-order valence-electron chi connectivity index (χ0n) is 16.9. The van der Waals surface area contributed by atoms with Crippen molar-refractivity contribution in [1.82, 2.24) is 15.3 Å². The molecule has 0 radical (unpaired) electrons. The van der Waals surface area contributed by atoms with Crippen LogP contribution in [0.4, 0.5) is 5.69 Å². The van der Waals surface area contributed by atoms with Crippen LogP contribution in [0, 0.1) is 6.92 Å². The van der Waals surface area contributed by atoms with E-state index in [0.717, 1.165) is 39.2 Å². The molecule has 1 amide bonds. The summed E-state index contributed by atoms with van der Waals surface area (Å²) in [7, 11) is 0. The summed E-state index contributed by atoms with van der Waals surface area (Å²) in [6.07, 6.45) is 3.10. The highest BCUT2D eigenvalue weighted by atomic mass is 35.5. The number of H-pyrrole nitrogens is 1. The van der Waals surface area contributed by atoms with Gasteiger partial charge in [0.1, 0.15) is 5.82 Å². The first-order valence-electron chi connectivity index (χ1n) is 9.69. The number of amides is 1. The van der Waals surface area contributed by atoms with Crippen molar-refractivity contribution >= 4 is 69.2 Å². The van der Waals surface area contributed by atoms with Crippen LogP contribution in [0.25, 0.3) is 28.5 Å². The molecule has 4 rings (SSSR count). The minimum absolute atomic E-state index is 0.206. The summed E-state index contributed by atoms with van der Waals surface area (Å²) in [6, 6.07) is 18.6. The minimum atomic E-state index is -0.328. The fourth-order valence-electron chi connectivity index (χ4n) is 3.05. The molecule has 0 bridgehead atoms. The van der Waals surface area contributed by atoms with E-state index >= 15 is 0 Å². The molecule has 3 aromatic carbocycles. The van der Waals surface area contributed by atoms with Gasteiger partial charge in [-0.05, 0) is 84.9 Å². The average molecular weight is 481 g/mol. The van der Waals surface area contributed by atoms with E-state index in [1.807, 2.05) is 55.5 Å². The van der Waals surface area contributed by atoms with Crippen molar-refractivity contribution in [2.45, 2.75) is 6.92 Å². The maximum Gasteiger partial charge on any atom is 0.250 e. The van der Waals surface area contributed by atoms with Gasteiger partial charge in [0.2, 0.25) is 5.91 Å². The van der Waals surface area contributed by atoms with Crippen molar-refractivity contribution < 1.29 is 4.79 Å². The number of aromatic amines is 1. The molecule has 0 aliphatic carbocycles. The molecule has 0 saturated carbocycles. The van der Waals surface area contributed by atoms with E-state index < -0.39 is 0 Å². The van der Waals surface area contributed by atoms with E-state index in [2.05, 4.69) is 20.6 Å². The number of rotatable bonds is 4. The molecule has 1 aromatic heterocycles. The zero-order valence-corrected chi connectivity index (χ0v) is 19.3. The van der Waals surface area contributed by atoms with Crippen LogP contribution >= 0.6 is 35.4 Å². The maximum atomic E-state index is 12.1. The lowest BCUT2D eigenvalue weighted by Crippen LogP contribution is -2.32. The molecule has 0 spiro atoms. The second-order valence-electron chi connectivity index (χ2n) is 7.11. The Hall–Kier alpha value is -3.19. The van der Waals surface area contributed by atoms with Gasteiger partial charge in [-0.2, -0.15) is 0 Å². The Kier molecular flexibility index (Phi) is 6.55. The number of thiocarbonyl (C=S) groups is 1. The summed E-state index contributed by atoms with van der Waals surface area (Å²) in [6.45, 7) is 1.96. The van der Waals surface area contributed by atoms with Crippen molar-refractivity contribution in [3.63, 3.8) is 0 Å². The fourth-order valence-corrected chi connectivity index (χ4v) is 3.55. The van der Waals surface area contributed by atoms with Gasteiger partial charge in [0, 0.05) is 27.4 Å². The first kappa shape index (κ1) is 22.0. The Morgan fingerprint density at radius 1 is 1.06 bits per heavy atom. The summed E-state index contributed by atoms with van der Waals surface area (Å²) >= 11 is 17.3. The molecule has 32 heavy (non-hydrogen) atoms. The second kappa shape index (κ2) is 9.53. The number of hydrogen-bond acceptors (Lipinski definition) is 3. The molecule has 3 N–H and O–H groups in total. The highest BCUT2D eigenvalue weighted by Crippen LogP contribution is 2.26. The van der Waals surface area contributed by atoms with Gasteiger partial charge in [0.05, 0.1) is 11.0 Å². The lowest BCUT2D eigenvalue weighted by molar-refractivity contribution is -0.115. The highest BCUT2D eigenvalue weighted by Gasteiger charge is 2.08. The van der Waals surface area contributed by atoms with E-state index in [4.69, 9.17) is 35.4 Å². The Morgan fingerprint density at radius 3 is 2.50 bits per heavy atom. The molecule has 4 aromatic rings. The number of aromatic nitrogens is 2. The monoisotopic (exact) mass is 480 g/mol. The van der Waals surface area contributed by atoms with Crippen LogP contribution in [0.3, 0.4) is 0 Å². The van der Waals surface area contributed by atoms with Gasteiger partial charge >= 0.3 is 0 Å². The van der Waals surface area contributed by atoms with Crippen LogP contribution in [0.1, 0.15) is 11.1 Å². The van der Waals surface area contributed by atoms with Crippen LogP contribution in [0.2, 0.25) is 10.0 Å². The lowest BCUT2D eigenvalue weighted by Gasteiger charge is -2.08. The van der Waals surface area contributed by atoms with Crippen LogP contribution in [-0.2, 0) is 4.79 Å². The van der Waals surface area contributed by atoms with Gasteiger partial charge in [0.25, 0.3) is 0 Å². The van der Waals surface area contributed by atoms with Crippen LogP contribution in [0.15, 0.2) is 66.7 Å². The Bertz CT molecular complexity index is 1290. The Balaban J connectivity index is 1.37. The van der Waals surface area contributed by atoms with Crippen LogP contribution in [0.5, 0.6) is 0 Å². The van der Waals surface area contributed by atoms with Gasteiger partial charge in [0.15, 0.2) is 5.11 Å². The Labute approximate surface area is 200 Å². The minimum Gasteiger partial charge on any atom is -0.338 e. The largest absolute Gasteiger partial charge is 0.338 e. The van der Waals surface area contributed by atoms with Gasteiger partial charge in [-0.15, -0.1) is 0 Å². The molecule has 0 aliphatic rings. The van der Waals surface area contributed by atoms with Crippen molar-refractivity contribution in [3.8, 4) is 11.4 Å². The molecule has 0 saturated heterocycles. The molecule has 8 heteroatoms. The van der Waals surface area contributed by atoms with E-state index in [9.17, 15) is 4.79 Å². The topological polar surface area (TPSA) is 69.8 Å². The second-order valence-corrected chi connectivity index (χ2v) is 8.36. The molecule has 160 valence electrons. The molecule has 0 fully saturated rings. The number of hydrogen-bond donors (Lipinski definition) is 3. The SMILES string of the molecule is Cc1cc2[nH]c(-c3ccc(NC(=S)NC(=O)/C=C/c4ccc(Cl)cc4)cc3)nc2cc1Cl. The number of nitrogens with one attached hydrogen (secondary N) is 3. The first-order chi connectivity index (χ1) is 15.4. The van der Waals surface area contributed by atoms with Crippen molar-refractivity contribution in [2.24, 2.45) is 0 Å². The van der Waals surface area contributed by atoms with Crippen LogP contribution in [-0.4, -0.2) is 21.0 Å². The number of carbonyl (C=O) groups excluding carboxylic acids is 1. The van der Waals surface area contributed by atoms with E-state index in [-0.39, 0.29) is 11.0 Å². The van der Waals surface area contributed by atoms with Gasteiger partial charge < -0.3 is 10.3 Å². The van der Waals surface area contributed by atoms with Gasteiger partial charge in [-0.1, -0.05) is 35.3 Å². The predicted molar refractivity (Wildman–Crippen MR) is 136 cm³/mol. The highest BCUT2D eigenvalue weighted by molar-refractivity contribution is 7.80. The standard InChI is InChI=1S/C24H18Cl2N4OS/c1-14-12-20-21(13-19(14)26)29-23(28-20)16-5-9-18(10-6-16)27-24(32)30-22(31)11-4-15-2-7-17(25)8-3-15/h2-13H,1H3,(H,28,29)(H2,27,30,31,32)/b11-4+. The summed E-state index contributed by atoms with van der Waals surface area (Å²) in [5.41, 5.74) is 5.26. The molecule has 5 nitrogen and oxygen atoms in total. The number of carbonyl (C=O) groups is 1. The number of halogens is 2. The van der Waals surface area contributed by atoms with Gasteiger partial charge in [-0.25, -0.2) is 4.98 Å². The third-order valence-electron chi connectivity index (χ3n) is 4.71. The normalized spacial score (nSPS) is 11.1. The van der Waals surface area contributed by atoms with Crippen molar-refractivity contribution in [2.75, 3.05) is 5.32 Å². The summed E-state index contributed by atoms with van der Waals surface area (Å²) in [5.74, 6) is 0.418. The number of benzene rings is 3.